The minimum absolute atomic E-state index is 0.0881. The van der Waals surface area contributed by atoms with E-state index >= 15 is 0 Å². The summed E-state index contributed by atoms with van der Waals surface area (Å²) in [4.78, 5) is 12.0. The predicted octanol–water partition coefficient (Wildman–Crippen LogP) is 2.65. The second-order valence-corrected chi connectivity index (χ2v) is 6.05. The van der Waals surface area contributed by atoms with Crippen LogP contribution in [0.3, 0.4) is 0 Å². The molecule has 5 heteroatoms. The van der Waals surface area contributed by atoms with Gasteiger partial charge in [-0.25, -0.2) is 0 Å². The largest absolute Gasteiger partial charge is 0.426 e. The minimum Gasteiger partial charge on any atom is -0.426 e. The Balaban J connectivity index is 1.88. The molecular weight excluding hydrogens is 266 g/mol. The molecule has 0 aliphatic carbocycles. The Labute approximate surface area is 124 Å². The van der Waals surface area contributed by atoms with Gasteiger partial charge in [-0.1, -0.05) is 32.9 Å². The number of nitrogens with one attached hydrogen (secondary N) is 1. The highest BCUT2D eigenvalue weighted by Crippen LogP contribution is 2.22. The van der Waals surface area contributed by atoms with Crippen LogP contribution >= 0.6 is 0 Å². The summed E-state index contributed by atoms with van der Waals surface area (Å²) in [6.07, 6.45) is 0.534. The maximum atomic E-state index is 12.0. The molecule has 5 nitrogen and oxygen atoms in total. The van der Waals surface area contributed by atoms with Crippen LogP contribution in [0.25, 0.3) is 0 Å². The molecule has 0 aliphatic heterocycles. The second-order valence-electron chi connectivity index (χ2n) is 6.05. The first-order chi connectivity index (χ1) is 9.86. The summed E-state index contributed by atoms with van der Waals surface area (Å²) in [5.41, 5.74) is 1.95. The molecule has 0 spiro atoms. The molecule has 1 heterocycles. The average Bonchev–Trinajstić information content (AvgIpc) is 2.83. The Morgan fingerprint density at radius 2 is 1.86 bits per heavy atom. The molecule has 112 valence electrons. The average molecular weight is 287 g/mol. The second kappa shape index (κ2) is 6.08. The molecule has 1 N–H and O–H groups in total. The van der Waals surface area contributed by atoms with Crippen LogP contribution in [0.4, 0.5) is 0 Å². The van der Waals surface area contributed by atoms with Crippen LogP contribution in [0.2, 0.25) is 0 Å². The molecule has 2 aromatic rings. The van der Waals surface area contributed by atoms with E-state index in [9.17, 15) is 4.79 Å². The van der Waals surface area contributed by atoms with E-state index in [2.05, 4.69) is 36.3 Å². The minimum atomic E-state index is -0.0910. The van der Waals surface area contributed by atoms with Gasteiger partial charge in [-0.3, -0.25) is 4.79 Å². The van der Waals surface area contributed by atoms with E-state index in [0.717, 1.165) is 0 Å². The molecular formula is C16H21N3O2. The molecule has 0 fully saturated rings. The quantitative estimate of drug-likeness (QED) is 0.938. The zero-order chi connectivity index (χ0) is 15.5. The van der Waals surface area contributed by atoms with E-state index < -0.39 is 0 Å². The van der Waals surface area contributed by atoms with Gasteiger partial charge in [-0.15, -0.1) is 10.2 Å². The van der Waals surface area contributed by atoms with Crippen molar-refractivity contribution in [3.8, 4) is 0 Å². The van der Waals surface area contributed by atoms with Gasteiger partial charge in [0.25, 0.3) is 5.91 Å². The van der Waals surface area contributed by atoms with Crippen LogP contribution in [0, 0.1) is 6.92 Å². The third kappa shape index (κ3) is 4.15. The van der Waals surface area contributed by atoms with E-state index in [1.165, 1.54) is 5.56 Å². The fourth-order valence-electron chi connectivity index (χ4n) is 1.95. The van der Waals surface area contributed by atoms with Gasteiger partial charge in [0.15, 0.2) is 0 Å². The van der Waals surface area contributed by atoms with Gasteiger partial charge in [0.2, 0.25) is 11.8 Å². The molecule has 1 aromatic heterocycles. The van der Waals surface area contributed by atoms with Crippen molar-refractivity contribution >= 4 is 5.91 Å². The summed E-state index contributed by atoms with van der Waals surface area (Å²) in [7, 11) is 0. The topological polar surface area (TPSA) is 68.0 Å². The smallest absolute Gasteiger partial charge is 0.251 e. The van der Waals surface area contributed by atoms with Crippen molar-refractivity contribution < 1.29 is 9.21 Å². The SMILES string of the molecule is Cc1nnc(CCNC(=O)c2ccc(C(C)(C)C)cc2)o1. The van der Waals surface area contributed by atoms with Crippen LogP contribution in [0.1, 0.15) is 48.5 Å². The Bertz CT molecular complexity index is 609. The summed E-state index contributed by atoms with van der Waals surface area (Å²) < 4.78 is 5.25. The van der Waals surface area contributed by atoms with E-state index in [1.54, 1.807) is 6.92 Å². The lowest BCUT2D eigenvalue weighted by atomic mass is 9.87. The molecule has 1 amide bonds. The first-order valence-corrected chi connectivity index (χ1v) is 7.04. The highest BCUT2D eigenvalue weighted by molar-refractivity contribution is 5.94. The van der Waals surface area contributed by atoms with Gasteiger partial charge in [0, 0.05) is 25.5 Å². The van der Waals surface area contributed by atoms with Gasteiger partial charge < -0.3 is 9.73 Å². The summed E-state index contributed by atoms with van der Waals surface area (Å²) >= 11 is 0. The summed E-state index contributed by atoms with van der Waals surface area (Å²) in [5.74, 6) is 0.983. The maximum Gasteiger partial charge on any atom is 0.251 e. The van der Waals surface area contributed by atoms with Crippen molar-refractivity contribution in [1.29, 1.82) is 0 Å². The first kappa shape index (κ1) is 15.2. The Morgan fingerprint density at radius 1 is 1.19 bits per heavy atom. The number of hydrogen-bond donors (Lipinski definition) is 1. The third-order valence-corrected chi connectivity index (χ3v) is 3.21. The number of rotatable bonds is 4. The molecule has 0 atom stereocenters. The van der Waals surface area contributed by atoms with Gasteiger partial charge in [-0.2, -0.15) is 0 Å². The van der Waals surface area contributed by atoms with Crippen molar-refractivity contribution in [2.24, 2.45) is 0 Å². The number of hydrogen-bond acceptors (Lipinski definition) is 4. The van der Waals surface area contributed by atoms with Gasteiger partial charge in [0.05, 0.1) is 0 Å². The number of aryl methyl sites for hydroxylation is 1. The highest BCUT2D eigenvalue weighted by atomic mass is 16.4. The number of benzene rings is 1. The molecule has 0 unspecified atom stereocenters. The van der Waals surface area contributed by atoms with Crippen LogP contribution in [0.15, 0.2) is 28.7 Å². The van der Waals surface area contributed by atoms with Crippen molar-refractivity contribution in [2.75, 3.05) is 6.54 Å². The number of amides is 1. The van der Waals surface area contributed by atoms with Gasteiger partial charge >= 0.3 is 0 Å². The van der Waals surface area contributed by atoms with E-state index in [0.29, 0.717) is 30.3 Å². The summed E-state index contributed by atoms with van der Waals surface area (Å²) in [6.45, 7) is 8.66. The number of aromatic nitrogens is 2. The lowest BCUT2D eigenvalue weighted by molar-refractivity contribution is 0.0953. The monoisotopic (exact) mass is 287 g/mol. The zero-order valence-corrected chi connectivity index (χ0v) is 12.9. The number of nitrogens with zero attached hydrogens (tertiary/aromatic N) is 2. The fourth-order valence-corrected chi connectivity index (χ4v) is 1.95. The van der Waals surface area contributed by atoms with Crippen molar-refractivity contribution in [1.82, 2.24) is 15.5 Å². The van der Waals surface area contributed by atoms with Crippen LogP contribution < -0.4 is 5.32 Å². The Kier molecular flexibility index (Phi) is 4.40. The van der Waals surface area contributed by atoms with Gasteiger partial charge in [0.1, 0.15) is 0 Å². The maximum absolute atomic E-state index is 12.0. The van der Waals surface area contributed by atoms with Crippen molar-refractivity contribution in [3.63, 3.8) is 0 Å². The molecule has 0 saturated heterocycles. The summed E-state index contributed by atoms with van der Waals surface area (Å²) in [6, 6.07) is 7.70. The predicted molar refractivity (Wildman–Crippen MR) is 80.2 cm³/mol. The van der Waals surface area contributed by atoms with E-state index in [4.69, 9.17) is 4.42 Å². The zero-order valence-electron chi connectivity index (χ0n) is 12.9. The third-order valence-electron chi connectivity index (χ3n) is 3.21. The standard InChI is InChI=1S/C16H21N3O2/c1-11-18-19-14(21-11)9-10-17-15(20)12-5-7-13(8-6-12)16(2,3)4/h5-8H,9-10H2,1-4H3,(H,17,20). The first-order valence-electron chi connectivity index (χ1n) is 7.04. The molecule has 21 heavy (non-hydrogen) atoms. The van der Waals surface area contributed by atoms with Crippen LogP contribution in [-0.2, 0) is 11.8 Å². The molecule has 0 aliphatic rings. The number of carbonyl (C=O) groups is 1. The molecule has 0 radical (unpaired) electrons. The lowest BCUT2D eigenvalue weighted by Gasteiger charge is -2.19. The normalized spacial score (nSPS) is 11.4. The van der Waals surface area contributed by atoms with Crippen LogP contribution in [0.5, 0.6) is 0 Å². The number of carbonyl (C=O) groups excluding carboxylic acids is 1. The van der Waals surface area contributed by atoms with E-state index in [1.807, 2.05) is 24.3 Å². The Morgan fingerprint density at radius 3 is 2.38 bits per heavy atom. The fraction of sp³-hybridized carbons (Fsp3) is 0.438. The molecule has 1 aromatic carbocycles. The van der Waals surface area contributed by atoms with Crippen LogP contribution in [-0.4, -0.2) is 22.6 Å². The van der Waals surface area contributed by atoms with Gasteiger partial charge in [-0.05, 0) is 23.1 Å². The Hall–Kier alpha value is -2.17. The highest BCUT2D eigenvalue weighted by Gasteiger charge is 2.14. The molecule has 0 bridgehead atoms. The van der Waals surface area contributed by atoms with Crippen molar-refractivity contribution in [3.05, 3.63) is 47.2 Å². The molecule has 2 rings (SSSR count). The van der Waals surface area contributed by atoms with Crippen molar-refractivity contribution in [2.45, 2.75) is 39.5 Å². The van der Waals surface area contributed by atoms with E-state index in [-0.39, 0.29) is 11.3 Å². The lowest BCUT2D eigenvalue weighted by Crippen LogP contribution is -2.25. The molecule has 0 saturated carbocycles. The summed E-state index contributed by atoms with van der Waals surface area (Å²) in [5, 5.41) is 10.5.